The van der Waals surface area contributed by atoms with Crippen molar-refractivity contribution in [2.24, 2.45) is 28.4 Å². The summed E-state index contributed by atoms with van der Waals surface area (Å²) in [6, 6.07) is 7.18. The number of primary amides is 1. The van der Waals surface area contributed by atoms with Crippen LogP contribution < -0.4 is 5.73 Å². The van der Waals surface area contributed by atoms with E-state index < -0.39 is 34.4 Å². The summed E-state index contributed by atoms with van der Waals surface area (Å²) in [4.78, 5) is 28.1. The number of halogens is 1. The number of likely N-dealkylation sites (tertiary alicyclic amines) is 1. The maximum atomic E-state index is 13.8. The summed E-state index contributed by atoms with van der Waals surface area (Å²) < 4.78 is 0. The Hall–Kier alpha value is -1.63. The number of carbonyl (C=O) groups excluding carboxylic acids is 2. The first-order valence-electron chi connectivity index (χ1n) is 11.1. The molecule has 3 rings (SSSR count). The van der Waals surface area contributed by atoms with Crippen LogP contribution in [-0.4, -0.2) is 46.1 Å². The van der Waals surface area contributed by atoms with Crippen LogP contribution in [0.15, 0.2) is 24.3 Å². The maximum Gasteiger partial charge on any atom is 0.227 e. The Bertz CT molecular complexity index is 840. The Balaban J connectivity index is 1.90. The number of rotatable bonds is 5. The molecule has 0 aromatic heterocycles. The standard InChI is InChI=1S/C24H35ClN2O4/c1-15(2)19(23(21(26)30)11-5-6-18(23)28)20(29)27-13-12-24(31,22(3,4)14-27)16-7-9-17(25)10-8-16/h7-10,15,18-19,28,31H,5-6,11-14H2,1-4H3,(H2,26,30)/t18?,19-,23?,24-/m0/s1. The van der Waals surface area contributed by atoms with Crippen LogP contribution >= 0.6 is 11.6 Å². The first-order chi connectivity index (χ1) is 14.4. The molecule has 0 radical (unpaired) electrons. The van der Waals surface area contributed by atoms with Crippen molar-refractivity contribution in [1.82, 2.24) is 4.90 Å². The van der Waals surface area contributed by atoms with Gasteiger partial charge in [0.2, 0.25) is 11.8 Å². The van der Waals surface area contributed by atoms with Gasteiger partial charge in [0.1, 0.15) is 0 Å². The van der Waals surface area contributed by atoms with Gasteiger partial charge in [-0.2, -0.15) is 0 Å². The molecule has 2 amide bonds. The van der Waals surface area contributed by atoms with E-state index >= 15 is 0 Å². The lowest BCUT2D eigenvalue weighted by Gasteiger charge is -2.52. The fourth-order valence-electron chi connectivity index (χ4n) is 5.88. The molecule has 1 aliphatic carbocycles. The molecule has 2 aliphatic rings. The van der Waals surface area contributed by atoms with Crippen LogP contribution in [0.1, 0.15) is 58.9 Å². The summed E-state index contributed by atoms with van der Waals surface area (Å²) in [6.45, 7) is 8.38. The second-order valence-corrected chi connectivity index (χ2v) is 10.7. The zero-order valence-corrected chi connectivity index (χ0v) is 19.7. The Morgan fingerprint density at radius 3 is 2.26 bits per heavy atom. The molecule has 1 aliphatic heterocycles. The van der Waals surface area contributed by atoms with Gasteiger partial charge in [0, 0.05) is 23.5 Å². The number of piperidine rings is 1. The number of aliphatic hydroxyl groups is 2. The molecule has 31 heavy (non-hydrogen) atoms. The molecule has 0 spiro atoms. The Kier molecular flexibility index (Phi) is 6.49. The van der Waals surface area contributed by atoms with Crippen molar-refractivity contribution < 1.29 is 19.8 Å². The van der Waals surface area contributed by atoms with Gasteiger partial charge in [-0.25, -0.2) is 0 Å². The third-order valence-electron chi connectivity index (χ3n) is 7.69. The van der Waals surface area contributed by atoms with Gasteiger partial charge in [-0.05, 0) is 49.3 Å². The van der Waals surface area contributed by atoms with Gasteiger partial charge < -0.3 is 20.8 Å². The van der Waals surface area contributed by atoms with E-state index in [-0.39, 0.29) is 11.8 Å². The predicted molar refractivity (Wildman–Crippen MR) is 120 cm³/mol. The summed E-state index contributed by atoms with van der Waals surface area (Å²) in [5.41, 5.74) is 3.58. The molecule has 4 N–H and O–H groups in total. The number of benzene rings is 1. The monoisotopic (exact) mass is 450 g/mol. The van der Waals surface area contributed by atoms with Gasteiger partial charge in [-0.15, -0.1) is 0 Å². The summed E-state index contributed by atoms with van der Waals surface area (Å²) in [7, 11) is 0. The quantitative estimate of drug-likeness (QED) is 0.641. The van der Waals surface area contributed by atoms with E-state index in [1.165, 1.54) is 0 Å². The third-order valence-corrected chi connectivity index (χ3v) is 7.94. The SMILES string of the molecule is CC(C)[C@@H](C(=O)N1CC[C@](O)(c2ccc(Cl)cc2)C(C)(C)C1)C1(C(N)=O)CCCC1O. The van der Waals surface area contributed by atoms with Crippen LogP contribution in [0.25, 0.3) is 0 Å². The fourth-order valence-corrected chi connectivity index (χ4v) is 6.01. The molecular weight excluding hydrogens is 416 g/mol. The number of nitrogens with two attached hydrogens (primary N) is 1. The first-order valence-corrected chi connectivity index (χ1v) is 11.5. The van der Waals surface area contributed by atoms with Gasteiger partial charge in [0.05, 0.1) is 23.0 Å². The second-order valence-electron chi connectivity index (χ2n) is 10.3. The normalized spacial score (nSPS) is 31.6. The van der Waals surface area contributed by atoms with Gasteiger partial charge in [-0.1, -0.05) is 51.4 Å². The molecule has 0 bridgehead atoms. The molecule has 1 heterocycles. The smallest absolute Gasteiger partial charge is 0.227 e. The van der Waals surface area contributed by atoms with Crippen LogP contribution in [-0.2, 0) is 15.2 Å². The molecule has 4 atom stereocenters. The number of hydrogen-bond acceptors (Lipinski definition) is 4. The Labute approximate surface area is 189 Å². The van der Waals surface area contributed by atoms with Crippen LogP contribution in [0.4, 0.5) is 0 Å². The van der Waals surface area contributed by atoms with E-state index in [1.54, 1.807) is 17.0 Å². The summed E-state index contributed by atoms with van der Waals surface area (Å²) in [5.74, 6) is -1.62. The van der Waals surface area contributed by atoms with E-state index in [0.29, 0.717) is 43.8 Å². The van der Waals surface area contributed by atoms with Crippen molar-refractivity contribution in [2.45, 2.75) is 65.1 Å². The third kappa shape index (κ3) is 3.87. The molecule has 7 heteroatoms. The zero-order chi connectivity index (χ0) is 23.2. The maximum absolute atomic E-state index is 13.8. The van der Waals surface area contributed by atoms with Crippen LogP contribution in [0.3, 0.4) is 0 Å². The largest absolute Gasteiger partial charge is 0.392 e. The first kappa shape index (κ1) is 24.0. The minimum atomic E-state index is -1.24. The minimum absolute atomic E-state index is 0.159. The molecule has 1 saturated carbocycles. The van der Waals surface area contributed by atoms with E-state index in [0.717, 1.165) is 5.56 Å². The van der Waals surface area contributed by atoms with Crippen molar-refractivity contribution in [3.8, 4) is 0 Å². The van der Waals surface area contributed by atoms with E-state index in [2.05, 4.69) is 0 Å². The second kappa shape index (κ2) is 8.38. The molecule has 1 saturated heterocycles. The Morgan fingerprint density at radius 2 is 1.81 bits per heavy atom. The van der Waals surface area contributed by atoms with Crippen LogP contribution in [0.2, 0.25) is 5.02 Å². The van der Waals surface area contributed by atoms with Gasteiger partial charge in [0.15, 0.2) is 0 Å². The minimum Gasteiger partial charge on any atom is -0.392 e. The molecular formula is C24H35ClN2O4. The van der Waals surface area contributed by atoms with Crippen molar-refractivity contribution >= 4 is 23.4 Å². The Morgan fingerprint density at radius 1 is 1.19 bits per heavy atom. The topological polar surface area (TPSA) is 104 Å². The van der Waals surface area contributed by atoms with Gasteiger partial charge >= 0.3 is 0 Å². The van der Waals surface area contributed by atoms with E-state index in [1.807, 2.05) is 39.8 Å². The average Bonchev–Trinajstić information content (AvgIpc) is 3.06. The highest BCUT2D eigenvalue weighted by Gasteiger charge is 2.58. The van der Waals surface area contributed by atoms with E-state index in [4.69, 9.17) is 17.3 Å². The van der Waals surface area contributed by atoms with Crippen molar-refractivity contribution in [1.29, 1.82) is 0 Å². The van der Waals surface area contributed by atoms with Crippen molar-refractivity contribution in [3.05, 3.63) is 34.9 Å². The lowest BCUT2D eigenvalue weighted by Crippen LogP contribution is -2.61. The van der Waals surface area contributed by atoms with Crippen LogP contribution in [0.5, 0.6) is 0 Å². The summed E-state index contributed by atoms with van der Waals surface area (Å²) in [6.07, 6.45) is 1.02. The molecule has 2 unspecified atom stereocenters. The highest BCUT2D eigenvalue weighted by Crippen LogP contribution is 2.50. The highest BCUT2D eigenvalue weighted by molar-refractivity contribution is 6.30. The lowest BCUT2D eigenvalue weighted by molar-refractivity contribution is -0.168. The highest BCUT2D eigenvalue weighted by atomic mass is 35.5. The van der Waals surface area contributed by atoms with Crippen molar-refractivity contribution in [3.63, 3.8) is 0 Å². The molecule has 6 nitrogen and oxygen atoms in total. The summed E-state index contributed by atoms with van der Waals surface area (Å²) >= 11 is 6.02. The molecule has 172 valence electrons. The van der Waals surface area contributed by atoms with Crippen LogP contribution in [0, 0.1) is 22.7 Å². The lowest BCUT2D eigenvalue weighted by atomic mass is 9.64. The molecule has 2 fully saturated rings. The average molecular weight is 451 g/mol. The molecule has 1 aromatic carbocycles. The summed E-state index contributed by atoms with van der Waals surface area (Å²) in [5, 5.41) is 22.9. The zero-order valence-electron chi connectivity index (χ0n) is 18.9. The number of aliphatic hydroxyl groups excluding tert-OH is 1. The number of carbonyl (C=O) groups is 2. The van der Waals surface area contributed by atoms with Gasteiger partial charge in [0.25, 0.3) is 0 Å². The predicted octanol–water partition coefficient (Wildman–Crippen LogP) is 3.07. The number of amides is 2. The fraction of sp³-hybridized carbons (Fsp3) is 0.667. The van der Waals surface area contributed by atoms with Crippen molar-refractivity contribution in [2.75, 3.05) is 13.1 Å². The number of nitrogens with zero attached hydrogens (tertiary/aromatic N) is 1. The number of hydrogen-bond donors (Lipinski definition) is 3. The van der Waals surface area contributed by atoms with E-state index in [9.17, 15) is 19.8 Å². The van der Waals surface area contributed by atoms with Gasteiger partial charge in [-0.3, -0.25) is 9.59 Å². The molecule has 1 aromatic rings.